The molecule has 2 heterocycles. The van der Waals surface area contributed by atoms with Crippen LogP contribution in [0.25, 0.3) is 0 Å². The van der Waals surface area contributed by atoms with Crippen LogP contribution in [-0.2, 0) is 16.0 Å². The molecule has 10 nitrogen and oxygen atoms in total. The van der Waals surface area contributed by atoms with E-state index in [2.05, 4.69) is 15.6 Å². The van der Waals surface area contributed by atoms with Crippen molar-refractivity contribution in [2.45, 2.75) is 18.5 Å². The first kappa shape index (κ1) is 22.9. The van der Waals surface area contributed by atoms with Gasteiger partial charge < -0.3 is 20.5 Å². The quantitative estimate of drug-likeness (QED) is 0.422. The van der Waals surface area contributed by atoms with Crippen molar-refractivity contribution in [3.8, 4) is 5.75 Å². The molecule has 0 spiro atoms. The fourth-order valence-electron chi connectivity index (χ4n) is 3.57. The monoisotopic (exact) mass is 480 g/mol. The number of nitrogens with zero attached hydrogens (tertiary/aromatic N) is 2. The van der Waals surface area contributed by atoms with E-state index in [9.17, 15) is 19.2 Å². The lowest BCUT2D eigenvalue weighted by atomic mass is 10.0. The fraction of sp³-hybridized carbons (Fsp3) is 0.174. The molecule has 0 saturated carbocycles. The summed E-state index contributed by atoms with van der Waals surface area (Å²) in [5.41, 5.74) is 1.07. The Labute approximate surface area is 198 Å². The number of ether oxygens (including phenoxy) is 1. The largest absolute Gasteiger partial charge is 0.497 e. The molecule has 1 fully saturated rings. The normalized spacial score (nSPS) is 16.1. The number of carbonyl (C=O) groups excluding carboxylic acids is 3. The highest BCUT2D eigenvalue weighted by Crippen LogP contribution is 2.27. The second-order valence-electron chi connectivity index (χ2n) is 7.40. The van der Waals surface area contributed by atoms with Crippen molar-refractivity contribution < 1.29 is 29.0 Å². The SMILES string of the molecule is COc1ccc([C@H]2NC(=O)N([C@@H](Cc3ccccc3)C(=O)Nc3nc(C(=O)O)cs3)C2=O)cc1. The Morgan fingerprint density at radius 2 is 1.88 bits per heavy atom. The average molecular weight is 481 g/mol. The van der Waals surface area contributed by atoms with Crippen LogP contribution < -0.4 is 15.4 Å². The Morgan fingerprint density at radius 1 is 1.18 bits per heavy atom. The van der Waals surface area contributed by atoms with E-state index in [1.54, 1.807) is 48.5 Å². The highest BCUT2D eigenvalue weighted by Gasteiger charge is 2.45. The summed E-state index contributed by atoms with van der Waals surface area (Å²) in [5, 5.41) is 15.6. The molecule has 2 atom stereocenters. The van der Waals surface area contributed by atoms with Gasteiger partial charge in [-0.2, -0.15) is 0 Å². The molecule has 0 unspecified atom stereocenters. The van der Waals surface area contributed by atoms with Gasteiger partial charge in [0, 0.05) is 11.8 Å². The fourth-order valence-corrected chi connectivity index (χ4v) is 4.26. The molecule has 1 aromatic heterocycles. The van der Waals surface area contributed by atoms with Crippen LogP contribution in [0.3, 0.4) is 0 Å². The summed E-state index contributed by atoms with van der Waals surface area (Å²) in [7, 11) is 1.52. The zero-order valence-electron chi connectivity index (χ0n) is 17.9. The molecule has 34 heavy (non-hydrogen) atoms. The summed E-state index contributed by atoms with van der Waals surface area (Å²) in [6.07, 6.45) is 0.0678. The van der Waals surface area contributed by atoms with Gasteiger partial charge in [-0.15, -0.1) is 11.3 Å². The third kappa shape index (κ3) is 4.74. The Balaban J connectivity index is 1.61. The number of methoxy groups -OCH3 is 1. The number of nitrogens with one attached hydrogen (secondary N) is 2. The van der Waals surface area contributed by atoms with Crippen LogP contribution >= 0.6 is 11.3 Å². The van der Waals surface area contributed by atoms with Gasteiger partial charge in [0.25, 0.3) is 5.91 Å². The minimum Gasteiger partial charge on any atom is -0.497 e. The number of carboxylic acid groups (broad SMARTS) is 1. The maximum absolute atomic E-state index is 13.3. The number of carboxylic acids is 1. The Kier molecular flexibility index (Phi) is 6.55. The van der Waals surface area contributed by atoms with Crippen LogP contribution in [0.1, 0.15) is 27.7 Å². The predicted octanol–water partition coefficient (Wildman–Crippen LogP) is 2.69. The van der Waals surface area contributed by atoms with Crippen LogP contribution in [0.15, 0.2) is 60.0 Å². The van der Waals surface area contributed by atoms with Crippen LogP contribution in [-0.4, -0.2) is 52.0 Å². The van der Waals surface area contributed by atoms with E-state index in [0.717, 1.165) is 21.8 Å². The lowest BCUT2D eigenvalue weighted by Crippen LogP contribution is -2.49. The Bertz CT molecular complexity index is 1230. The van der Waals surface area contributed by atoms with Crippen LogP contribution in [0, 0.1) is 0 Å². The summed E-state index contributed by atoms with van der Waals surface area (Å²) in [6.45, 7) is 0. The summed E-state index contributed by atoms with van der Waals surface area (Å²) >= 11 is 0.935. The predicted molar refractivity (Wildman–Crippen MR) is 123 cm³/mol. The molecule has 4 rings (SSSR count). The van der Waals surface area contributed by atoms with Gasteiger partial charge in [-0.25, -0.2) is 19.5 Å². The molecule has 1 aliphatic rings. The summed E-state index contributed by atoms with van der Waals surface area (Å²) in [4.78, 5) is 55.2. The lowest BCUT2D eigenvalue weighted by Gasteiger charge is -2.24. The molecular weight excluding hydrogens is 460 g/mol. The van der Waals surface area contributed by atoms with E-state index in [-0.39, 0.29) is 17.2 Å². The van der Waals surface area contributed by atoms with E-state index < -0.39 is 35.9 Å². The van der Waals surface area contributed by atoms with Crippen molar-refractivity contribution in [3.05, 3.63) is 76.8 Å². The third-order valence-corrected chi connectivity index (χ3v) is 6.02. The Hall–Kier alpha value is -4.25. The molecule has 1 saturated heterocycles. The minimum absolute atomic E-state index is 0.0548. The van der Waals surface area contributed by atoms with Crippen LogP contribution in [0.4, 0.5) is 9.93 Å². The van der Waals surface area contributed by atoms with Gasteiger partial charge in [0.2, 0.25) is 5.91 Å². The number of benzene rings is 2. The van der Waals surface area contributed by atoms with E-state index in [0.29, 0.717) is 11.3 Å². The van der Waals surface area contributed by atoms with Crippen molar-refractivity contribution in [1.82, 2.24) is 15.2 Å². The molecular formula is C23H20N4O6S. The first-order chi connectivity index (χ1) is 16.4. The minimum atomic E-state index is -1.23. The molecule has 0 radical (unpaired) electrons. The van der Waals surface area contributed by atoms with E-state index in [1.165, 1.54) is 12.5 Å². The molecule has 174 valence electrons. The van der Waals surface area contributed by atoms with E-state index in [4.69, 9.17) is 9.84 Å². The zero-order valence-corrected chi connectivity index (χ0v) is 18.7. The molecule has 11 heteroatoms. The molecule has 3 aromatic rings. The summed E-state index contributed by atoms with van der Waals surface area (Å²) in [6, 6.07) is 12.8. The van der Waals surface area contributed by atoms with Gasteiger partial charge in [0.15, 0.2) is 10.8 Å². The number of rotatable bonds is 8. The van der Waals surface area contributed by atoms with Crippen molar-refractivity contribution in [3.63, 3.8) is 0 Å². The number of urea groups is 1. The first-order valence-corrected chi connectivity index (χ1v) is 11.1. The molecule has 2 aromatic carbocycles. The van der Waals surface area contributed by atoms with Gasteiger partial charge >= 0.3 is 12.0 Å². The number of imide groups is 1. The van der Waals surface area contributed by atoms with Crippen molar-refractivity contribution in [1.29, 1.82) is 0 Å². The van der Waals surface area contributed by atoms with Crippen molar-refractivity contribution in [2.75, 3.05) is 12.4 Å². The molecule has 3 N–H and O–H groups in total. The highest BCUT2D eigenvalue weighted by atomic mass is 32.1. The smallest absolute Gasteiger partial charge is 0.355 e. The second-order valence-corrected chi connectivity index (χ2v) is 8.26. The number of amides is 4. The first-order valence-electron chi connectivity index (χ1n) is 10.2. The molecule has 0 aliphatic carbocycles. The van der Waals surface area contributed by atoms with Gasteiger partial charge in [-0.05, 0) is 23.3 Å². The number of thiazole rings is 1. The summed E-state index contributed by atoms with van der Waals surface area (Å²) < 4.78 is 5.13. The number of hydrogen-bond acceptors (Lipinski definition) is 7. The maximum Gasteiger partial charge on any atom is 0.355 e. The number of aromatic nitrogens is 1. The van der Waals surface area contributed by atoms with Crippen molar-refractivity contribution >= 4 is 40.3 Å². The van der Waals surface area contributed by atoms with E-state index in [1.807, 2.05) is 6.07 Å². The van der Waals surface area contributed by atoms with Gasteiger partial charge in [-0.3, -0.25) is 9.59 Å². The average Bonchev–Trinajstić information content (AvgIpc) is 3.42. The van der Waals surface area contributed by atoms with E-state index >= 15 is 0 Å². The molecule has 4 amide bonds. The third-order valence-electron chi connectivity index (χ3n) is 5.26. The zero-order chi connectivity index (χ0) is 24.2. The van der Waals surface area contributed by atoms with Crippen LogP contribution in [0.5, 0.6) is 5.75 Å². The molecule has 0 bridgehead atoms. The Morgan fingerprint density at radius 3 is 2.50 bits per heavy atom. The number of carbonyl (C=O) groups is 4. The standard InChI is InChI=1S/C23H20N4O6S/c1-33-15-9-7-14(8-10-15)18-20(29)27(23(32)25-18)17(11-13-5-3-2-4-6-13)19(28)26-22-24-16(12-34-22)21(30)31/h2-10,12,17-18H,11H2,1H3,(H,25,32)(H,30,31)(H,24,26,28)/t17-,18+/m0/s1. The van der Waals surface area contributed by atoms with Gasteiger partial charge in [-0.1, -0.05) is 42.5 Å². The maximum atomic E-state index is 13.3. The number of hydrogen-bond donors (Lipinski definition) is 3. The number of aromatic carboxylic acids is 1. The highest BCUT2D eigenvalue weighted by molar-refractivity contribution is 7.14. The van der Waals surface area contributed by atoms with Crippen LogP contribution in [0.2, 0.25) is 0 Å². The van der Waals surface area contributed by atoms with Gasteiger partial charge in [0.1, 0.15) is 17.8 Å². The second kappa shape index (κ2) is 9.71. The topological polar surface area (TPSA) is 138 Å². The summed E-state index contributed by atoms with van der Waals surface area (Å²) in [5.74, 6) is -1.86. The van der Waals surface area contributed by atoms with Crippen molar-refractivity contribution in [2.24, 2.45) is 0 Å². The molecule has 1 aliphatic heterocycles. The van der Waals surface area contributed by atoms with Gasteiger partial charge in [0.05, 0.1) is 7.11 Å². The number of anilines is 1. The lowest BCUT2D eigenvalue weighted by molar-refractivity contribution is -0.134.